The van der Waals surface area contributed by atoms with E-state index in [0.717, 1.165) is 30.7 Å². The van der Waals surface area contributed by atoms with Crippen LogP contribution in [0.15, 0.2) is 18.2 Å². The molecule has 0 aromatic heterocycles. The maximum Gasteiger partial charge on any atom is 0.319 e. The van der Waals surface area contributed by atoms with Crippen molar-refractivity contribution in [2.24, 2.45) is 0 Å². The Morgan fingerprint density at radius 2 is 2.03 bits per heavy atom. The van der Waals surface area contributed by atoms with E-state index >= 15 is 0 Å². The highest BCUT2D eigenvalue weighted by Gasteiger charge is 2.24. The highest BCUT2D eigenvalue weighted by Crippen LogP contribution is 2.25. The fraction of sp³-hybridized carbons (Fsp3) is 0.619. The minimum Gasteiger partial charge on any atom is -0.377 e. The summed E-state index contributed by atoms with van der Waals surface area (Å²) < 4.78 is 5.76. The average molecular weight is 406 g/mol. The molecular weight excluding hydrogens is 370 g/mol. The van der Waals surface area contributed by atoms with Gasteiger partial charge in [0.25, 0.3) is 0 Å². The summed E-state index contributed by atoms with van der Waals surface area (Å²) >= 11 is 0. The molecule has 29 heavy (non-hydrogen) atoms. The monoisotopic (exact) mass is 405 g/mol. The highest BCUT2D eigenvalue weighted by molar-refractivity contribution is 5.89. The molecule has 3 N–H and O–H groups in total. The number of nitrogens with zero attached hydrogens (tertiary/aromatic N) is 2. The van der Waals surface area contributed by atoms with E-state index < -0.39 is 0 Å². The van der Waals surface area contributed by atoms with Crippen molar-refractivity contribution in [3.05, 3.63) is 23.8 Å². The summed E-state index contributed by atoms with van der Waals surface area (Å²) in [6.07, 6.45) is 2.05. The first kappa shape index (κ1) is 22.8. The molecule has 0 bridgehead atoms. The highest BCUT2D eigenvalue weighted by atomic mass is 16.5. The summed E-state index contributed by atoms with van der Waals surface area (Å²) in [5, 5.41) is 8.56. The molecule has 1 aromatic carbocycles. The van der Waals surface area contributed by atoms with Gasteiger partial charge in [0, 0.05) is 57.8 Å². The van der Waals surface area contributed by atoms with Crippen LogP contribution >= 0.6 is 0 Å². The molecule has 0 aliphatic carbocycles. The van der Waals surface area contributed by atoms with Gasteiger partial charge < -0.3 is 30.5 Å². The summed E-state index contributed by atoms with van der Waals surface area (Å²) in [5.41, 5.74) is 2.65. The number of carbonyl (C=O) groups is 2. The van der Waals surface area contributed by atoms with E-state index in [1.54, 1.807) is 4.90 Å². The van der Waals surface area contributed by atoms with E-state index in [2.05, 4.69) is 16.0 Å². The summed E-state index contributed by atoms with van der Waals surface area (Å²) in [6.45, 7) is 8.04. The Hall–Kier alpha value is -2.48. The average Bonchev–Trinajstić information content (AvgIpc) is 3.14. The smallest absolute Gasteiger partial charge is 0.319 e. The number of hydrogen-bond donors (Lipinski definition) is 3. The van der Waals surface area contributed by atoms with Crippen molar-refractivity contribution in [2.45, 2.75) is 52.3 Å². The first-order valence-corrected chi connectivity index (χ1v) is 10.3. The predicted molar refractivity (Wildman–Crippen MR) is 117 cm³/mol. The standard InChI is InChI=1S/C21H35N5O3/c1-6-22-20(27)24-17-9-10-19(25(4)5)16(12-17)13-26(21(28)23-15(2)3)14-18-8-7-11-29-18/h9-10,12,15,18H,6-8,11,13-14H2,1-5H3,(H,23,28)(H2,22,24,27)/t18-/m1/s1. The molecule has 0 saturated carbocycles. The molecule has 0 spiro atoms. The van der Waals surface area contributed by atoms with Crippen LogP contribution in [0.3, 0.4) is 0 Å². The number of urea groups is 2. The summed E-state index contributed by atoms with van der Waals surface area (Å²) in [7, 11) is 3.93. The van der Waals surface area contributed by atoms with E-state index in [9.17, 15) is 9.59 Å². The van der Waals surface area contributed by atoms with Gasteiger partial charge in [-0.05, 0) is 57.4 Å². The third kappa shape index (κ3) is 7.12. The van der Waals surface area contributed by atoms with E-state index in [4.69, 9.17) is 4.74 Å². The molecule has 1 heterocycles. The van der Waals surface area contributed by atoms with Gasteiger partial charge in [0.05, 0.1) is 6.10 Å². The Morgan fingerprint density at radius 1 is 1.28 bits per heavy atom. The van der Waals surface area contributed by atoms with Crippen molar-refractivity contribution in [3.8, 4) is 0 Å². The maximum atomic E-state index is 12.8. The molecule has 1 saturated heterocycles. The lowest BCUT2D eigenvalue weighted by Crippen LogP contribution is -2.45. The van der Waals surface area contributed by atoms with Crippen LogP contribution in [0.2, 0.25) is 0 Å². The third-order valence-corrected chi connectivity index (χ3v) is 4.67. The Morgan fingerprint density at radius 3 is 2.62 bits per heavy atom. The maximum absolute atomic E-state index is 12.8. The van der Waals surface area contributed by atoms with Gasteiger partial charge in [0.1, 0.15) is 0 Å². The zero-order valence-corrected chi connectivity index (χ0v) is 18.2. The summed E-state index contributed by atoms with van der Waals surface area (Å²) in [5.74, 6) is 0. The zero-order chi connectivity index (χ0) is 21.4. The molecule has 2 rings (SSSR count). The van der Waals surface area contributed by atoms with Gasteiger partial charge in [-0.2, -0.15) is 0 Å². The minimum atomic E-state index is -0.246. The van der Waals surface area contributed by atoms with Crippen molar-refractivity contribution < 1.29 is 14.3 Å². The van der Waals surface area contributed by atoms with E-state index in [1.807, 2.05) is 58.0 Å². The summed E-state index contributed by atoms with van der Waals surface area (Å²) in [6, 6.07) is 5.45. The molecule has 162 valence electrons. The van der Waals surface area contributed by atoms with Gasteiger partial charge in [-0.25, -0.2) is 9.59 Å². The topological polar surface area (TPSA) is 85.9 Å². The largest absolute Gasteiger partial charge is 0.377 e. The van der Waals surface area contributed by atoms with Gasteiger partial charge in [0.15, 0.2) is 0 Å². The van der Waals surface area contributed by atoms with Crippen LogP contribution in [0.5, 0.6) is 0 Å². The van der Waals surface area contributed by atoms with E-state index in [0.29, 0.717) is 25.3 Å². The van der Waals surface area contributed by atoms with Crippen LogP contribution in [0.25, 0.3) is 0 Å². The van der Waals surface area contributed by atoms with Gasteiger partial charge in [-0.3, -0.25) is 0 Å². The van der Waals surface area contributed by atoms with Gasteiger partial charge >= 0.3 is 12.1 Å². The van der Waals surface area contributed by atoms with Crippen molar-refractivity contribution in [1.82, 2.24) is 15.5 Å². The first-order chi connectivity index (χ1) is 13.8. The molecule has 1 aliphatic heterocycles. The lowest BCUT2D eigenvalue weighted by Gasteiger charge is -2.29. The molecule has 1 fully saturated rings. The second-order valence-corrected chi connectivity index (χ2v) is 7.84. The van der Waals surface area contributed by atoms with Crippen molar-refractivity contribution >= 4 is 23.4 Å². The molecule has 8 heteroatoms. The lowest BCUT2D eigenvalue weighted by atomic mass is 10.1. The normalized spacial score (nSPS) is 15.9. The SMILES string of the molecule is CCNC(=O)Nc1ccc(N(C)C)c(CN(C[C@H]2CCCO2)C(=O)NC(C)C)c1. The predicted octanol–water partition coefficient (Wildman–Crippen LogP) is 2.99. The van der Waals surface area contributed by atoms with E-state index in [1.165, 1.54) is 0 Å². The number of nitrogens with one attached hydrogen (secondary N) is 3. The van der Waals surface area contributed by atoms with Crippen LogP contribution in [0.4, 0.5) is 21.0 Å². The van der Waals surface area contributed by atoms with Gasteiger partial charge in [0.2, 0.25) is 0 Å². The first-order valence-electron chi connectivity index (χ1n) is 10.3. The van der Waals surface area contributed by atoms with Crippen LogP contribution in [-0.4, -0.2) is 62.9 Å². The Kier molecular flexibility index (Phi) is 8.57. The second kappa shape index (κ2) is 10.9. The molecule has 1 aromatic rings. The number of rotatable bonds is 8. The molecule has 8 nitrogen and oxygen atoms in total. The number of hydrogen-bond acceptors (Lipinski definition) is 4. The van der Waals surface area contributed by atoms with Gasteiger partial charge in [-0.1, -0.05) is 0 Å². The Bertz CT molecular complexity index is 687. The van der Waals surface area contributed by atoms with Crippen LogP contribution in [0.1, 0.15) is 39.2 Å². The molecule has 1 atom stereocenters. The number of benzene rings is 1. The van der Waals surface area contributed by atoms with Gasteiger partial charge in [-0.15, -0.1) is 0 Å². The second-order valence-electron chi connectivity index (χ2n) is 7.84. The number of anilines is 2. The van der Waals surface area contributed by atoms with E-state index in [-0.39, 0.29) is 24.2 Å². The zero-order valence-electron chi connectivity index (χ0n) is 18.2. The van der Waals surface area contributed by atoms with Crippen LogP contribution < -0.4 is 20.9 Å². The quantitative estimate of drug-likeness (QED) is 0.621. The number of amides is 4. The molecular formula is C21H35N5O3. The Labute approximate surface area is 174 Å². The number of carbonyl (C=O) groups excluding carboxylic acids is 2. The summed E-state index contributed by atoms with van der Waals surface area (Å²) in [4.78, 5) is 28.6. The molecule has 4 amide bonds. The molecule has 0 radical (unpaired) electrons. The minimum absolute atomic E-state index is 0.0496. The van der Waals surface area contributed by atoms with Crippen molar-refractivity contribution in [2.75, 3.05) is 44.0 Å². The van der Waals surface area contributed by atoms with Crippen molar-refractivity contribution in [1.29, 1.82) is 0 Å². The van der Waals surface area contributed by atoms with Crippen molar-refractivity contribution in [3.63, 3.8) is 0 Å². The molecule has 0 unspecified atom stereocenters. The van der Waals surface area contributed by atoms with Crippen LogP contribution in [0, 0.1) is 0 Å². The molecule has 1 aliphatic rings. The fourth-order valence-electron chi connectivity index (χ4n) is 3.36. The van der Waals surface area contributed by atoms with Crippen LogP contribution in [-0.2, 0) is 11.3 Å². The lowest BCUT2D eigenvalue weighted by molar-refractivity contribution is 0.0791. The Balaban J connectivity index is 2.25. The fourth-order valence-corrected chi connectivity index (χ4v) is 3.36. The number of ether oxygens (including phenoxy) is 1. The third-order valence-electron chi connectivity index (χ3n) is 4.67.